The number of carbonyl (C=O) groups is 3. The van der Waals surface area contributed by atoms with E-state index in [1.807, 2.05) is 19.1 Å². The lowest BCUT2D eigenvalue weighted by Crippen LogP contribution is -2.53. The first-order valence-electron chi connectivity index (χ1n) is 6.55. The van der Waals surface area contributed by atoms with Crippen LogP contribution in [0.3, 0.4) is 0 Å². The second kappa shape index (κ2) is 5.38. The van der Waals surface area contributed by atoms with Crippen molar-refractivity contribution < 1.29 is 14.4 Å². The van der Waals surface area contributed by atoms with E-state index in [-0.39, 0.29) is 17.7 Å². The Balaban J connectivity index is 2.13. The molecule has 2 rings (SSSR count). The largest absolute Gasteiger partial charge is 0.323 e. The summed E-state index contributed by atoms with van der Waals surface area (Å²) in [6.45, 7) is 4.26. The molecule has 1 fully saturated rings. The minimum Gasteiger partial charge on any atom is -0.323 e. The molecule has 1 unspecified atom stereocenters. The molecule has 5 nitrogen and oxygen atoms in total. The van der Waals surface area contributed by atoms with E-state index in [0.717, 1.165) is 12.0 Å². The Morgan fingerprint density at radius 1 is 1.37 bits per heavy atom. The maximum absolute atomic E-state index is 12.2. The molecular weight excluding hydrogens is 244 g/mol. The smallest absolute Gasteiger partial charge is 0.250 e. The van der Waals surface area contributed by atoms with Gasteiger partial charge in [-0.3, -0.25) is 19.7 Å². The zero-order chi connectivity index (χ0) is 14.0. The normalized spacial score (nSPS) is 24.6. The van der Waals surface area contributed by atoms with Gasteiger partial charge < -0.3 is 4.90 Å². The van der Waals surface area contributed by atoms with E-state index in [0.29, 0.717) is 25.0 Å². The van der Waals surface area contributed by atoms with Gasteiger partial charge >= 0.3 is 0 Å². The SMILES string of the molecule is CC/C=C\C1=C(C)C(=O)N(C2CCC(=O)NC2=O)C1. The maximum Gasteiger partial charge on any atom is 0.250 e. The average Bonchev–Trinajstić information content (AvgIpc) is 2.64. The first kappa shape index (κ1) is 13.5. The minimum absolute atomic E-state index is 0.106. The number of rotatable bonds is 3. The number of carbonyl (C=O) groups excluding carboxylic acids is 3. The van der Waals surface area contributed by atoms with Crippen LogP contribution in [0.4, 0.5) is 0 Å². The Labute approximate surface area is 112 Å². The topological polar surface area (TPSA) is 66.5 Å². The Hall–Kier alpha value is -1.91. The van der Waals surface area contributed by atoms with Crippen molar-refractivity contribution in [3.05, 3.63) is 23.3 Å². The molecular formula is C14H18N2O3. The molecule has 0 aromatic rings. The third kappa shape index (κ3) is 2.59. The van der Waals surface area contributed by atoms with E-state index < -0.39 is 6.04 Å². The van der Waals surface area contributed by atoms with E-state index in [4.69, 9.17) is 0 Å². The molecule has 0 aromatic carbocycles. The predicted octanol–water partition coefficient (Wildman–Crippen LogP) is 0.916. The maximum atomic E-state index is 12.2. The van der Waals surface area contributed by atoms with Crippen molar-refractivity contribution in [1.82, 2.24) is 10.2 Å². The molecule has 0 aliphatic carbocycles. The average molecular weight is 262 g/mol. The van der Waals surface area contributed by atoms with Crippen molar-refractivity contribution in [2.45, 2.75) is 39.2 Å². The minimum atomic E-state index is -0.521. The number of hydrogen-bond acceptors (Lipinski definition) is 3. The van der Waals surface area contributed by atoms with Gasteiger partial charge in [0.1, 0.15) is 6.04 Å². The summed E-state index contributed by atoms with van der Waals surface area (Å²) in [4.78, 5) is 36.7. The Bertz CT molecular complexity index is 491. The predicted molar refractivity (Wildman–Crippen MR) is 70.0 cm³/mol. The fourth-order valence-corrected chi connectivity index (χ4v) is 2.40. The van der Waals surface area contributed by atoms with Crippen LogP contribution in [-0.2, 0) is 14.4 Å². The lowest BCUT2D eigenvalue weighted by Gasteiger charge is -2.29. The van der Waals surface area contributed by atoms with Gasteiger partial charge in [-0.05, 0) is 25.3 Å². The summed E-state index contributed by atoms with van der Waals surface area (Å²) in [5, 5.41) is 2.29. The second-order valence-electron chi connectivity index (χ2n) is 4.86. The van der Waals surface area contributed by atoms with E-state index in [2.05, 4.69) is 5.32 Å². The molecule has 0 spiro atoms. The summed E-state index contributed by atoms with van der Waals surface area (Å²) in [6, 6.07) is -0.521. The van der Waals surface area contributed by atoms with Crippen molar-refractivity contribution >= 4 is 17.7 Å². The molecule has 2 heterocycles. The van der Waals surface area contributed by atoms with Gasteiger partial charge in [-0.1, -0.05) is 19.1 Å². The molecule has 0 radical (unpaired) electrons. The quantitative estimate of drug-likeness (QED) is 0.769. The number of allylic oxidation sites excluding steroid dienone is 1. The summed E-state index contributed by atoms with van der Waals surface area (Å²) < 4.78 is 0. The lowest BCUT2D eigenvalue weighted by atomic mass is 10.0. The number of amides is 3. The third-order valence-corrected chi connectivity index (χ3v) is 3.55. The van der Waals surface area contributed by atoms with E-state index in [1.165, 1.54) is 0 Å². The van der Waals surface area contributed by atoms with Crippen molar-refractivity contribution in [2.75, 3.05) is 6.54 Å². The summed E-state index contributed by atoms with van der Waals surface area (Å²) in [5.41, 5.74) is 1.64. The molecule has 0 aromatic heterocycles. The van der Waals surface area contributed by atoms with Gasteiger partial charge in [-0.15, -0.1) is 0 Å². The molecule has 1 N–H and O–H groups in total. The summed E-state index contributed by atoms with van der Waals surface area (Å²) in [5.74, 6) is -0.730. The number of nitrogens with one attached hydrogen (secondary N) is 1. The summed E-state index contributed by atoms with van der Waals surface area (Å²) in [6.07, 6.45) is 5.55. The zero-order valence-corrected chi connectivity index (χ0v) is 11.2. The number of hydrogen-bond donors (Lipinski definition) is 1. The van der Waals surface area contributed by atoms with Crippen LogP contribution in [0.1, 0.15) is 33.1 Å². The van der Waals surface area contributed by atoms with Crippen LogP contribution >= 0.6 is 0 Å². The summed E-state index contributed by atoms with van der Waals surface area (Å²) >= 11 is 0. The molecule has 3 amide bonds. The number of piperidine rings is 1. The fourth-order valence-electron chi connectivity index (χ4n) is 2.40. The van der Waals surface area contributed by atoms with Gasteiger partial charge in [0.2, 0.25) is 11.8 Å². The highest BCUT2D eigenvalue weighted by Crippen LogP contribution is 2.25. The van der Waals surface area contributed by atoms with Gasteiger partial charge in [-0.2, -0.15) is 0 Å². The van der Waals surface area contributed by atoms with Crippen molar-refractivity contribution in [2.24, 2.45) is 0 Å². The standard InChI is InChI=1S/C14H18N2O3/c1-3-4-5-10-8-16(14(19)9(10)2)11-6-7-12(17)15-13(11)18/h4-5,11H,3,6-8H2,1-2H3,(H,15,17,18)/b5-4-. The Morgan fingerprint density at radius 2 is 2.11 bits per heavy atom. The third-order valence-electron chi connectivity index (χ3n) is 3.55. The molecule has 102 valence electrons. The van der Waals surface area contributed by atoms with Crippen LogP contribution in [0.5, 0.6) is 0 Å². The van der Waals surface area contributed by atoms with E-state index in [1.54, 1.807) is 11.8 Å². The Morgan fingerprint density at radius 3 is 2.74 bits per heavy atom. The highest BCUT2D eigenvalue weighted by Gasteiger charge is 2.38. The van der Waals surface area contributed by atoms with Gasteiger partial charge in [0.25, 0.3) is 5.91 Å². The molecule has 19 heavy (non-hydrogen) atoms. The monoisotopic (exact) mass is 262 g/mol. The molecule has 5 heteroatoms. The molecule has 0 saturated carbocycles. The van der Waals surface area contributed by atoms with E-state index >= 15 is 0 Å². The molecule has 1 saturated heterocycles. The van der Waals surface area contributed by atoms with Gasteiger partial charge in [0.05, 0.1) is 0 Å². The molecule has 0 bridgehead atoms. The van der Waals surface area contributed by atoms with Gasteiger partial charge in [0.15, 0.2) is 0 Å². The van der Waals surface area contributed by atoms with E-state index in [9.17, 15) is 14.4 Å². The number of nitrogens with zero attached hydrogens (tertiary/aromatic N) is 1. The number of imide groups is 1. The highest BCUT2D eigenvalue weighted by molar-refractivity contribution is 6.04. The first-order valence-corrected chi connectivity index (χ1v) is 6.55. The van der Waals surface area contributed by atoms with Crippen LogP contribution in [0.25, 0.3) is 0 Å². The second-order valence-corrected chi connectivity index (χ2v) is 4.86. The van der Waals surface area contributed by atoms with Gasteiger partial charge in [-0.25, -0.2) is 0 Å². The van der Waals surface area contributed by atoms with Crippen molar-refractivity contribution in [1.29, 1.82) is 0 Å². The molecule has 1 atom stereocenters. The fraction of sp³-hybridized carbons (Fsp3) is 0.500. The van der Waals surface area contributed by atoms with Crippen LogP contribution in [0, 0.1) is 0 Å². The summed E-state index contributed by atoms with van der Waals surface area (Å²) in [7, 11) is 0. The molecule has 2 aliphatic rings. The Kier molecular flexibility index (Phi) is 3.83. The van der Waals surface area contributed by atoms with Crippen molar-refractivity contribution in [3.63, 3.8) is 0 Å². The highest BCUT2D eigenvalue weighted by atomic mass is 16.2. The first-order chi connectivity index (χ1) is 9.04. The van der Waals surface area contributed by atoms with Gasteiger partial charge in [0, 0.05) is 18.5 Å². The van der Waals surface area contributed by atoms with Crippen LogP contribution < -0.4 is 5.32 Å². The van der Waals surface area contributed by atoms with Crippen LogP contribution in [0.2, 0.25) is 0 Å². The van der Waals surface area contributed by atoms with Crippen LogP contribution in [0.15, 0.2) is 23.3 Å². The molecule has 2 aliphatic heterocycles. The van der Waals surface area contributed by atoms with Crippen LogP contribution in [-0.4, -0.2) is 35.2 Å². The zero-order valence-electron chi connectivity index (χ0n) is 11.2. The van der Waals surface area contributed by atoms with Crippen molar-refractivity contribution in [3.8, 4) is 0 Å². The lowest BCUT2D eigenvalue weighted by molar-refractivity contribution is -0.142.